The van der Waals surface area contributed by atoms with Crippen LogP contribution in [0.3, 0.4) is 0 Å². The van der Waals surface area contributed by atoms with Gasteiger partial charge in [-0.25, -0.2) is 9.48 Å². The summed E-state index contributed by atoms with van der Waals surface area (Å²) in [5.74, 6) is -0.392. The van der Waals surface area contributed by atoms with Crippen molar-refractivity contribution in [2.75, 3.05) is 23.3 Å². The average Bonchev–Trinajstić information content (AvgIpc) is 3.04. The number of rotatable bonds is 5. The third kappa shape index (κ3) is 3.68. The third-order valence-electron chi connectivity index (χ3n) is 3.83. The molecule has 0 spiro atoms. The molecule has 1 fully saturated rings. The Morgan fingerprint density at radius 2 is 1.96 bits per heavy atom. The van der Waals surface area contributed by atoms with Crippen LogP contribution < -0.4 is 21.1 Å². The highest BCUT2D eigenvalue weighted by Gasteiger charge is 2.20. The Hall–Kier alpha value is -3.16. The number of nitrogens with zero attached hydrogens (tertiary/aromatic N) is 3. The van der Waals surface area contributed by atoms with Crippen molar-refractivity contribution in [2.24, 2.45) is 0 Å². The summed E-state index contributed by atoms with van der Waals surface area (Å²) >= 11 is 0. The molecule has 0 aliphatic carbocycles. The predicted molar refractivity (Wildman–Crippen MR) is 93.9 cm³/mol. The van der Waals surface area contributed by atoms with Gasteiger partial charge in [0.25, 0.3) is 11.5 Å². The van der Waals surface area contributed by atoms with Gasteiger partial charge in [-0.2, -0.15) is 5.10 Å². The minimum absolute atomic E-state index is 0.126. The second-order valence-corrected chi connectivity index (χ2v) is 5.66. The number of hydrogen-bond donors (Lipinski definition) is 2. The minimum atomic E-state index is -0.392. The molecule has 0 unspecified atom stereocenters. The summed E-state index contributed by atoms with van der Waals surface area (Å²) in [5, 5.41) is 9.56. The molecule has 0 saturated carbocycles. The smallest absolute Gasteiger partial charge is 0.321 e. The Morgan fingerprint density at radius 3 is 2.60 bits per heavy atom. The second-order valence-electron chi connectivity index (χ2n) is 5.66. The summed E-state index contributed by atoms with van der Waals surface area (Å²) in [6.45, 7) is 3.64. The van der Waals surface area contributed by atoms with Crippen molar-refractivity contribution in [3.63, 3.8) is 0 Å². The van der Waals surface area contributed by atoms with Crippen molar-refractivity contribution in [1.29, 1.82) is 0 Å². The number of benzene rings is 1. The first-order chi connectivity index (χ1) is 12.1. The van der Waals surface area contributed by atoms with Gasteiger partial charge in [0.15, 0.2) is 0 Å². The Kier molecular flexibility index (Phi) is 4.78. The number of carbonyl (C=O) groups excluding carboxylic acids is 2. The van der Waals surface area contributed by atoms with Gasteiger partial charge in [-0.15, -0.1) is 0 Å². The first-order valence-electron chi connectivity index (χ1n) is 8.13. The zero-order chi connectivity index (χ0) is 17.8. The molecule has 25 heavy (non-hydrogen) atoms. The van der Waals surface area contributed by atoms with Crippen molar-refractivity contribution >= 4 is 23.3 Å². The first-order valence-corrected chi connectivity index (χ1v) is 8.13. The maximum atomic E-state index is 12.3. The van der Waals surface area contributed by atoms with Crippen LogP contribution in [0.15, 0.2) is 41.2 Å². The quantitative estimate of drug-likeness (QED) is 0.860. The normalized spacial score (nSPS) is 13.6. The lowest BCUT2D eigenvalue weighted by Gasteiger charge is -2.14. The zero-order valence-corrected chi connectivity index (χ0v) is 13.9. The summed E-state index contributed by atoms with van der Waals surface area (Å²) in [4.78, 5) is 37.3. The van der Waals surface area contributed by atoms with Crippen LogP contribution in [0.4, 0.5) is 16.2 Å². The Labute approximate surface area is 144 Å². The highest BCUT2D eigenvalue weighted by atomic mass is 16.2. The van der Waals surface area contributed by atoms with Crippen LogP contribution in [0.1, 0.15) is 23.8 Å². The molecule has 3 rings (SSSR count). The van der Waals surface area contributed by atoms with Crippen molar-refractivity contribution in [3.8, 4) is 0 Å². The highest BCUT2D eigenvalue weighted by molar-refractivity contribution is 6.03. The molecule has 0 radical (unpaired) electrons. The maximum absolute atomic E-state index is 12.3. The average molecular weight is 341 g/mol. The van der Waals surface area contributed by atoms with E-state index in [0.29, 0.717) is 25.3 Å². The van der Waals surface area contributed by atoms with Crippen molar-refractivity contribution in [3.05, 3.63) is 52.4 Å². The van der Waals surface area contributed by atoms with E-state index >= 15 is 0 Å². The molecule has 1 saturated heterocycles. The summed E-state index contributed by atoms with van der Waals surface area (Å²) in [5.41, 5.74) is 1.30. The SMILES string of the molecule is CCCn1nc(C(=O)Nc2ccc(N3CCNC3=O)cc2)ccc1=O. The molecule has 0 bridgehead atoms. The molecule has 130 valence electrons. The van der Waals surface area contributed by atoms with Gasteiger partial charge < -0.3 is 10.6 Å². The number of anilines is 2. The van der Waals surface area contributed by atoms with Gasteiger partial charge in [0.05, 0.1) is 0 Å². The van der Waals surface area contributed by atoms with Crippen LogP contribution in [0.25, 0.3) is 0 Å². The van der Waals surface area contributed by atoms with Crippen LogP contribution in [0.5, 0.6) is 0 Å². The monoisotopic (exact) mass is 341 g/mol. The molecule has 1 aromatic carbocycles. The molecule has 2 heterocycles. The number of carbonyl (C=O) groups is 2. The Morgan fingerprint density at radius 1 is 1.20 bits per heavy atom. The predicted octanol–water partition coefficient (Wildman–Crippen LogP) is 1.44. The zero-order valence-electron chi connectivity index (χ0n) is 13.9. The van der Waals surface area contributed by atoms with E-state index in [-0.39, 0.29) is 17.3 Å². The van der Waals surface area contributed by atoms with Crippen LogP contribution in [-0.2, 0) is 6.54 Å². The minimum Gasteiger partial charge on any atom is -0.336 e. The lowest BCUT2D eigenvalue weighted by atomic mass is 10.2. The molecule has 3 amide bonds. The highest BCUT2D eigenvalue weighted by Crippen LogP contribution is 2.19. The van der Waals surface area contributed by atoms with Crippen LogP contribution in [-0.4, -0.2) is 34.8 Å². The largest absolute Gasteiger partial charge is 0.336 e. The van der Waals surface area contributed by atoms with Crippen LogP contribution >= 0.6 is 0 Å². The van der Waals surface area contributed by atoms with Gasteiger partial charge in [0.1, 0.15) is 5.69 Å². The lowest BCUT2D eigenvalue weighted by molar-refractivity contribution is 0.101. The topological polar surface area (TPSA) is 96.3 Å². The number of aryl methyl sites for hydroxylation is 1. The van der Waals surface area contributed by atoms with Crippen molar-refractivity contribution < 1.29 is 9.59 Å². The number of hydrogen-bond acceptors (Lipinski definition) is 4. The molecule has 8 heteroatoms. The molecule has 8 nitrogen and oxygen atoms in total. The van der Waals surface area contributed by atoms with E-state index in [9.17, 15) is 14.4 Å². The second kappa shape index (κ2) is 7.16. The number of nitrogens with one attached hydrogen (secondary N) is 2. The van der Waals surface area contributed by atoms with Gasteiger partial charge in [-0.05, 0) is 36.8 Å². The van der Waals surface area contributed by atoms with Crippen LogP contribution in [0.2, 0.25) is 0 Å². The third-order valence-corrected chi connectivity index (χ3v) is 3.83. The van der Waals surface area contributed by atoms with Gasteiger partial charge in [0, 0.05) is 37.1 Å². The van der Waals surface area contributed by atoms with E-state index < -0.39 is 5.91 Å². The van der Waals surface area contributed by atoms with Crippen molar-refractivity contribution in [1.82, 2.24) is 15.1 Å². The maximum Gasteiger partial charge on any atom is 0.321 e. The fourth-order valence-corrected chi connectivity index (χ4v) is 2.58. The van der Waals surface area contributed by atoms with E-state index in [1.807, 2.05) is 6.92 Å². The summed E-state index contributed by atoms with van der Waals surface area (Å²) in [6, 6.07) is 9.61. The van der Waals surface area contributed by atoms with E-state index in [2.05, 4.69) is 15.7 Å². The fraction of sp³-hybridized carbons (Fsp3) is 0.294. The summed E-state index contributed by atoms with van der Waals surface area (Å²) in [7, 11) is 0. The molecular weight excluding hydrogens is 322 g/mol. The molecule has 1 aliphatic rings. The van der Waals surface area contributed by atoms with Crippen molar-refractivity contribution in [2.45, 2.75) is 19.9 Å². The van der Waals surface area contributed by atoms with E-state index in [0.717, 1.165) is 12.1 Å². The molecule has 2 aromatic rings. The van der Waals surface area contributed by atoms with Gasteiger partial charge in [0.2, 0.25) is 0 Å². The molecule has 1 aliphatic heterocycles. The number of amides is 3. The lowest BCUT2D eigenvalue weighted by Crippen LogP contribution is -2.27. The standard InChI is InChI=1S/C17H19N5O3/c1-2-10-22-15(23)8-7-14(20-22)16(24)19-12-3-5-13(6-4-12)21-11-9-18-17(21)25/h3-8H,2,9-11H2,1H3,(H,18,25)(H,19,24). The first kappa shape index (κ1) is 16.7. The summed E-state index contributed by atoms with van der Waals surface area (Å²) < 4.78 is 1.28. The fourth-order valence-electron chi connectivity index (χ4n) is 2.58. The molecular formula is C17H19N5O3. The Balaban J connectivity index is 1.71. The van der Waals surface area contributed by atoms with E-state index in [1.165, 1.54) is 16.8 Å². The summed E-state index contributed by atoms with van der Waals surface area (Å²) in [6.07, 6.45) is 0.753. The van der Waals surface area contributed by atoms with E-state index in [4.69, 9.17) is 0 Å². The van der Waals surface area contributed by atoms with Gasteiger partial charge in [-0.3, -0.25) is 14.5 Å². The molecule has 1 aromatic heterocycles. The molecule has 0 atom stereocenters. The van der Waals surface area contributed by atoms with E-state index in [1.54, 1.807) is 29.2 Å². The van der Waals surface area contributed by atoms with Crippen LogP contribution in [0, 0.1) is 0 Å². The molecule has 2 N–H and O–H groups in total. The number of urea groups is 1. The van der Waals surface area contributed by atoms with Gasteiger partial charge >= 0.3 is 6.03 Å². The Bertz CT molecular complexity index is 844. The van der Waals surface area contributed by atoms with Gasteiger partial charge in [-0.1, -0.05) is 6.92 Å². The number of aromatic nitrogens is 2.